The molecule has 0 aliphatic rings. The molecule has 0 atom stereocenters. The van der Waals surface area contributed by atoms with Crippen molar-refractivity contribution in [3.63, 3.8) is 0 Å². The van der Waals surface area contributed by atoms with E-state index in [1.807, 2.05) is 25.5 Å². The predicted molar refractivity (Wildman–Crippen MR) is 115 cm³/mol. The molecule has 0 bridgehead atoms. The number of aryl methyl sites for hydroxylation is 1. The first kappa shape index (κ1) is 15.5. The molecule has 0 saturated carbocycles. The van der Waals surface area contributed by atoms with Crippen molar-refractivity contribution in [1.29, 1.82) is 0 Å². The zero-order chi connectivity index (χ0) is 18.7. The minimum Gasteiger partial charge on any atom is -0.358 e. The van der Waals surface area contributed by atoms with Crippen LogP contribution in [0.2, 0.25) is 0 Å². The van der Waals surface area contributed by atoms with Gasteiger partial charge in [0.05, 0.1) is 28.9 Å². The van der Waals surface area contributed by atoms with Gasteiger partial charge in [0.1, 0.15) is 5.82 Å². The summed E-state index contributed by atoms with van der Waals surface area (Å²) in [5, 5.41) is 9.84. The lowest BCUT2D eigenvalue weighted by molar-refractivity contribution is 1.09. The molecule has 0 amide bonds. The maximum absolute atomic E-state index is 4.69. The lowest BCUT2D eigenvalue weighted by Gasteiger charge is -2.09. The van der Waals surface area contributed by atoms with Gasteiger partial charge in [-0.1, -0.05) is 30.3 Å². The van der Waals surface area contributed by atoms with Crippen LogP contribution in [0, 0.1) is 6.92 Å². The summed E-state index contributed by atoms with van der Waals surface area (Å²) >= 11 is 1.80. The van der Waals surface area contributed by atoms with Crippen molar-refractivity contribution in [3.8, 4) is 21.6 Å². The first-order chi connectivity index (χ1) is 13.8. The lowest BCUT2D eigenvalue weighted by Crippen LogP contribution is -1.89. The second-order valence-electron chi connectivity index (χ2n) is 6.85. The van der Waals surface area contributed by atoms with Crippen LogP contribution in [0.25, 0.3) is 53.6 Å². The normalized spacial score (nSPS) is 11.8. The number of benzene rings is 2. The Labute approximate surface area is 164 Å². The van der Waals surface area contributed by atoms with Crippen LogP contribution in [0.15, 0.2) is 61.1 Å². The summed E-state index contributed by atoms with van der Waals surface area (Å²) in [4.78, 5) is 13.5. The number of aromatic amines is 2. The Kier molecular flexibility index (Phi) is 3.19. The molecule has 0 spiro atoms. The van der Waals surface area contributed by atoms with Crippen molar-refractivity contribution in [3.05, 3.63) is 66.9 Å². The molecule has 2 N–H and O–H groups in total. The third kappa shape index (κ3) is 2.21. The second kappa shape index (κ2) is 5.74. The SMILES string of the molecule is Cc1ncc2[nH]cc(-c3ccc4cn[nH]c4c3-c3cc4ccccc4s3)c2n1. The van der Waals surface area contributed by atoms with E-state index < -0.39 is 0 Å². The average Bonchev–Trinajstić information content (AvgIpc) is 3.44. The van der Waals surface area contributed by atoms with Crippen molar-refractivity contribution in [2.75, 3.05) is 0 Å². The van der Waals surface area contributed by atoms with Crippen LogP contribution in [0.3, 0.4) is 0 Å². The predicted octanol–water partition coefficient (Wildman–Crippen LogP) is 5.69. The molecule has 6 aromatic rings. The number of nitrogens with zero attached hydrogens (tertiary/aromatic N) is 3. The molecule has 0 aliphatic carbocycles. The molecule has 28 heavy (non-hydrogen) atoms. The van der Waals surface area contributed by atoms with Gasteiger partial charge in [0.2, 0.25) is 0 Å². The summed E-state index contributed by atoms with van der Waals surface area (Å²) in [6.45, 7) is 1.92. The van der Waals surface area contributed by atoms with Crippen molar-refractivity contribution in [2.45, 2.75) is 6.92 Å². The van der Waals surface area contributed by atoms with Gasteiger partial charge in [-0.05, 0) is 30.0 Å². The van der Waals surface area contributed by atoms with E-state index in [9.17, 15) is 0 Å². The summed E-state index contributed by atoms with van der Waals surface area (Å²) in [7, 11) is 0. The first-order valence-corrected chi connectivity index (χ1v) is 9.86. The van der Waals surface area contributed by atoms with Crippen LogP contribution < -0.4 is 0 Å². The van der Waals surface area contributed by atoms with Crippen molar-refractivity contribution < 1.29 is 0 Å². The molecule has 0 radical (unpaired) electrons. The van der Waals surface area contributed by atoms with E-state index >= 15 is 0 Å². The van der Waals surface area contributed by atoms with E-state index in [1.54, 1.807) is 11.3 Å². The summed E-state index contributed by atoms with van der Waals surface area (Å²) in [5.41, 5.74) is 6.29. The van der Waals surface area contributed by atoms with E-state index in [1.165, 1.54) is 15.0 Å². The number of hydrogen-bond acceptors (Lipinski definition) is 4. The molecule has 134 valence electrons. The summed E-state index contributed by atoms with van der Waals surface area (Å²) < 4.78 is 1.28. The number of fused-ring (bicyclic) bond motifs is 3. The second-order valence-corrected chi connectivity index (χ2v) is 7.94. The quantitative estimate of drug-likeness (QED) is 0.405. The smallest absolute Gasteiger partial charge is 0.126 e. The van der Waals surface area contributed by atoms with Gasteiger partial charge in [-0.15, -0.1) is 11.3 Å². The fraction of sp³-hybridized carbons (Fsp3) is 0.0455. The fourth-order valence-corrected chi connectivity index (χ4v) is 4.93. The Balaban J connectivity index is 1.71. The molecule has 2 aromatic carbocycles. The number of thiophene rings is 1. The van der Waals surface area contributed by atoms with Gasteiger partial charge in [0.15, 0.2) is 0 Å². The van der Waals surface area contributed by atoms with Gasteiger partial charge in [-0.25, -0.2) is 9.97 Å². The molecule has 0 unspecified atom stereocenters. The standard InChI is InChI=1S/C22H15N5S/c1-12-23-11-17-22(26-12)16(10-24-17)15-7-6-14-9-25-27-21(14)20(15)19-8-13-4-2-3-5-18(13)28-19/h2-11,24H,1H3,(H,25,27). The highest BCUT2D eigenvalue weighted by Crippen LogP contribution is 2.43. The fourth-order valence-electron chi connectivity index (χ4n) is 3.80. The zero-order valence-corrected chi connectivity index (χ0v) is 15.8. The third-order valence-corrected chi connectivity index (χ3v) is 6.25. The number of hydrogen-bond donors (Lipinski definition) is 2. The van der Waals surface area contributed by atoms with E-state index in [0.717, 1.165) is 44.5 Å². The van der Waals surface area contributed by atoms with Gasteiger partial charge < -0.3 is 4.98 Å². The molecule has 0 aliphatic heterocycles. The topological polar surface area (TPSA) is 70.2 Å². The maximum Gasteiger partial charge on any atom is 0.126 e. The van der Waals surface area contributed by atoms with Crippen LogP contribution in [-0.4, -0.2) is 25.1 Å². The van der Waals surface area contributed by atoms with E-state index in [-0.39, 0.29) is 0 Å². The minimum atomic E-state index is 0.763. The number of nitrogens with one attached hydrogen (secondary N) is 2. The maximum atomic E-state index is 4.69. The number of rotatable bonds is 2. The molecular weight excluding hydrogens is 366 g/mol. The van der Waals surface area contributed by atoms with E-state index in [4.69, 9.17) is 4.98 Å². The first-order valence-electron chi connectivity index (χ1n) is 9.04. The Bertz CT molecular complexity index is 1450. The lowest BCUT2D eigenvalue weighted by atomic mass is 9.97. The van der Waals surface area contributed by atoms with E-state index in [0.29, 0.717) is 0 Å². The average molecular weight is 381 g/mol. The highest BCUT2D eigenvalue weighted by molar-refractivity contribution is 7.22. The summed E-state index contributed by atoms with van der Waals surface area (Å²) in [6.07, 6.45) is 5.74. The Hall–Kier alpha value is -3.51. The van der Waals surface area contributed by atoms with Crippen LogP contribution in [0.1, 0.15) is 5.82 Å². The monoisotopic (exact) mass is 381 g/mol. The highest BCUT2D eigenvalue weighted by Gasteiger charge is 2.18. The third-order valence-electron chi connectivity index (χ3n) is 5.12. The van der Waals surface area contributed by atoms with Crippen LogP contribution in [0.5, 0.6) is 0 Å². The molecular formula is C22H15N5S. The Morgan fingerprint density at radius 2 is 1.89 bits per heavy atom. The molecule has 4 aromatic heterocycles. The van der Waals surface area contributed by atoms with Crippen molar-refractivity contribution >= 4 is 43.4 Å². The number of aromatic nitrogens is 5. The van der Waals surface area contributed by atoms with Crippen molar-refractivity contribution in [1.82, 2.24) is 25.1 Å². The minimum absolute atomic E-state index is 0.763. The van der Waals surface area contributed by atoms with E-state index in [2.05, 4.69) is 62.6 Å². The van der Waals surface area contributed by atoms with Crippen molar-refractivity contribution in [2.24, 2.45) is 0 Å². The largest absolute Gasteiger partial charge is 0.358 e. The van der Waals surface area contributed by atoms with Gasteiger partial charge in [-0.3, -0.25) is 5.10 Å². The summed E-state index contributed by atoms with van der Waals surface area (Å²) in [5.74, 6) is 0.763. The Morgan fingerprint density at radius 3 is 2.82 bits per heavy atom. The van der Waals surface area contributed by atoms with Gasteiger partial charge >= 0.3 is 0 Å². The zero-order valence-electron chi connectivity index (χ0n) is 15.0. The van der Waals surface area contributed by atoms with Crippen LogP contribution in [0.4, 0.5) is 0 Å². The Morgan fingerprint density at radius 1 is 0.964 bits per heavy atom. The highest BCUT2D eigenvalue weighted by atomic mass is 32.1. The van der Waals surface area contributed by atoms with Gasteiger partial charge in [-0.2, -0.15) is 5.10 Å². The molecule has 0 saturated heterocycles. The molecule has 5 nitrogen and oxygen atoms in total. The molecule has 6 rings (SSSR count). The van der Waals surface area contributed by atoms with Gasteiger partial charge in [0, 0.05) is 32.3 Å². The molecule has 6 heteroatoms. The molecule has 0 fully saturated rings. The molecule has 4 heterocycles. The van der Waals surface area contributed by atoms with Crippen LogP contribution >= 0.6 is 11.3 Å². The van der Waals surface area contributed by atoms with Gasteiger partial charge in [0.25, 0.3) is 0 Å². The number of H-pyrrole nitrogens is 2. The summed E-state index contributed by atoms with van der Waals surface area (Å²) in [6, 6.07) is 15.0. The van der Waals surface area contributed by atoms with Crippen LogP contribution in [-0.2, 0) is 0 Å².